The molecule has 0 spiro atoms. The summed E-state index contributed by atoms with van der Waals surface area (Å²) in [5, 5.41) is 7.57. The molecule has 1 N–H and O–H groups in total. The number of aromatic nitrogens is 3. The van der Waals surface area contributed by atoms with Crippen LogP contribution >= 0.6 is 0 Å². The lowest BCUT2D eigenvalue weighted by molar-refractivity contribution is 0.324. The first-order valence-electron chi connectivity index (χ1n) is 5.66. The molecular weight excluding hydrogens is 188 g/mol. The van der Waals surface area contributed by atoms with E-state index in [9.17, 15) is 0 Å². The first-order valence-corrected chi connectivity index (χ1v) is 5.66. The SMILES string of the molecule is CCn1ncnc1CNCC(C)(C)CC. The number of aryl methyl sites for hydroxylation is 1. The van der Waals surface area contributed by atoms with E-state index in [4.69, 9.17) is 0 Å². The van der Waals surface area contributed by atoms with Crippen molar-refractivity contribution in [1.82, 2.24) is 20.1 Å². The number of hydrogen-bond donors (Lipinski definition) is 1. The summed E-state index contributed by atoms with van der Waals surface area (Å²) < 4.78 is 1.92. The Morgan fingerprint density at radius 2 is 2.13 bits per heavy atom. The van der Waals surface area contributed by atoms with Gasteiger partial charge in [0.1, 0.15) is 12.2 Å². The monoisotopic (exact) mass is 210 g/mol. The van der Waals surface area contributed by atoms with Crippen LogP contribution in [0.4, 0.5) is 0 Å². The van der Waals surface area contributed by atoms with Crippen LogP contribution in [0.2, 0.25) is 0 Å². The highest BCUT2D eigenvalue weighted by atomic mass is 15.3. The molecule has 0 fully saturated rings. The van der Waals surface area contributed by atoms with Crippen molar-refractivity contribution in [1.29, 1.82) is 0 Å². The number of nitrogens with one attached hydrogen (secondary N) is 1. The molecule has 0 aliphatic carbocycles. The molecule has 0 aliphatic heterocycles. The predicted octanol–water partition coefficient (Wildman–Crippen LogP) is 1.82. The van der Waals surface area contributed by atoms with Crippen molar-refractivity contribution in [2.45, 2.75) is 47.2 Å². The molecule has 1 rings (SSSR count). The molecule has 86 valence electrons. The Kier molecular flexibility index (Phi) is 4.27. The van der Waals surface area contributed by atoms with Gasteiger partial charge in [0.05, 0.1) is 6.54 Å². The smallest absolute Gasteiger partial charge is 0.140 e. The van der Waals surface area contributed by atoms with E-state index < -0.39 is 0 Å². The van der Waals surface area contributed by atoms with E-state index in [0.29, 0.717) is 5.41 Å². The molecule has 0 saturated carbocycles. The van der Waals surface area contributed by atoms with E-state index in [-0.39, 0.29) is 0 Å². The van der Waals surface area contributed by atoms with Gasteiger partial charge in [-0.1, -0.05) is 20.8 Å². The zero-order chi connectivity index (χ0) is 11.3. The van der Waals surface area contributed by atoms with Gasteiger partial charge in [0.2, 0.25) is 0 Å². The summed E-state index contributed by atoms with van der Waals surface area (Å²) in [5.41, 5.74) is 0.358. The highest BCUT2D eigenvalue weighted by Gasteiger charge is 2.14. The molecule has 4 nitrogen and oxygen atoms in total. The lowest BCUT2D eigenvalue weighted by atomic mass is 9.90. The average Bonchev–Trinajstić information content (AvgIpc) is 2.65. The molecule has 0 aliphatic rings. The maximum absolute atomic E-state index is 4.22. The Labute approximate surface area is 92.1 Å². The Hall–Kier alpha value is -0.900. The topological polar surface area (TPSA) is 42.7 Å². The molecule has 0 amide bonds. The van der Waals surface area contributed by atoms with E-state index in [2.05, 4.69) is 43.1 Å². The van der Waals surface area contributed by atoms with E-state index in [1.807, 2.05) is 4.68 Å². The van der Waals surface area contributed by atoms with Gasteiger partial charge < -0.3 is 5.32 Å². The van der Waals surface area contributed by atoms with Crippen LogP contribution in [0.5, 0.6) is 0 Å². The van der Waals surface area contributed by atoms with Gasteiger partial charge in [-0.15, -0.1) is 0 Å². The van der Waals surface area contributed by atoms with E-state index in [1.54, 1.807) is 6.33 Å². The van der Waals surface area contributed by atoms with Gasteiger partial charge in [-0.05, 0) is 18.8 Å². The fourth-order valence-electron chi connectivity index (χ4n) is 1.33. The molecule has 1 aromatic rings. The van der Waals surface area contributed by atoms with Gasteiger partial charge >= 0.3 is 0 Å². The van der Waals surface area contributed by atoms with Gasteiger partial charge in [0.25, 0.3) is 0 Å². The van der Waals surface area contributed by atoms with Crippen LogP contribution in [0.25, 0.3) is 0 Å². The lowest BCUT2D eigenvalue weighted by Gasteiger charge is -2.22. The van der Waals surface area contributed by atoms with Crippen LogP contribution in [0.3, 0.4) is 0 Å². The largest absolute Gasteiger partial charge is 0.309 e. The quantitative estimate of drug-likeness (QED) is 0.779. The lowest BCUT2D eigenvalue weighted by Crippen LogP contribution is -2.29. The number of nitrogens with zero attached hydrogens (tertiary/aromatic N) is 3. The van der Waals surface area contributed by atoms with Gasteiger partial charge in [0.15, 0.2) is 0 Å². The minimum atomic E-state index is 0.358. The third-order valence-electron chi connectivity index (χ3n) is 2.84. The predicted molar refractivity (Wildman–Crippen MR) is 61.5 cm³/mol. The van der Waals surface area contributed by atoms with Crippen LogP contribution < -0.4 is 5.32 Å². The standard InChI is InChI=1S/C11H22N4/c1-5-11(3,4)8-12-7-10-13-9-14-15(10)6-2/h9,12H,5-8H2,1-4H3. The average molecular weight is 210 g/mol. The zero-order valence-corrected chi connectivity index (χ0v) is 10.2. The van der Waals surface area contributed by atoms with Gasteiger partial charge in [-0.3, -0.25) is 0 Å². The maximum Gasteiger partial charge on any atom is 0.140 e. The third-order valence-corrected chi connectivity index (χ3v) is 2.84. The van der Waals surface area contributed by atoms with Gasteiger partial charge in [-0.2, -0.15) is 5.10 Å². The fraction of sp³-hybridized carbons (Fsp3) is 0.818. The van der Waals surface area contributed by atoms with Gasteiger partial charge in [-0.25, -0.2) is 9.67 Å². The first-order chi connectivity index (χ1) is 7.09. The third kappa shape index (κ3) is 3.63. The molecular formula is C11H22N4. The second-order valence-corrected chi connectivity index (χ2v) is 4.61. The van der Waals surface area contributed by atoms with E-state index in [1.165, 1.54) is 6.42 Å². The number of hydrogen-bond acceptors (Lipinski definition) is 3. The van der Waals surface area contributed by atoms with Crippen molar-refractivity contribution in [3.05, 3.63) is 12.2 Å². The molecule has 0 unspecified atom stereocenters. The van der Waals surface area contributed by atoms with Crippen LogP contribution in [-0.4, -0.2) is 21.3 Å². The molecule has 0 saturated heterocycles. The summed E-state index contributed by atoms with van der Waals surface area (Å²) in [5.74, 6) is 1.02. The summed E-state index contributed by atoms with van der Waals surface area (Å²) in [6, 6.07) is 0. The van der Waals surface area contributed by atoms with Crippen molar-refractivity contribution in [2.75, 3.05) is 6.54 Å². The fourth-order valence-corrected chi connectivity index (χ4v) is 1.33. The summed E-state index contributed by atoms with van der Waals surface area (Å²) in [4.78, 5) is 4.22. The summed E-state index contributed by atoms with van der Waals surface area (Å²) >= 11 is 0. The van der Waals surface area contributed by atoms with E-state index >= 15 is 0 Å². The van der Waals surface area contributed by atoms with Crippen LogP contribution in [0.1, 0.15) is 39.9 Å². The maximum atomic E-state index is 4.22. The Morgan fingerprint density at radius 3 is 2.73 bits per heavy atom. The highest BCUT2D eigenvalue weighted by Crippen LogP contribution is 2.17. The molecule has 0 bridgehead atoms. The molecule has 0 radical (unpaired) electrons. The molecule has 0 atom stereocenters. The second kappa shape index (κ2) is 5.26. The van der Waals surface area contributed by atoms with Crippen LogP contribution in [0, 0.1) is 5.41 Å². The van der Waals surface area contributed by atoms with E-state index in [0.717, 1.165) is 25.5 Å². The summed E-state index contributed by atoms with van der Waals surface area (Å²) in [6.45, 7) is 11.5. The zero-order valence-electron chi connectivity index (χ0n) is 10.2. The first kappa shape index (κ1) is 12.2. The minimum Gasteiger partial charge on any atom is -0.309 e. The Balaban J connectivity index is 2.38. The second-order valence-electron chi connectivity index (χ2n) is 4.61. The Morgan fingerprint density at radius 1 is 1.40 bits per heavy atom. The highest BCUT2D eigenvalue weighted by molar-refractivity contribution is 4.84. The molecule has 15 heavy (non-hydrogen) atoms. The summed E-state index contributed by atoms with van der Waals surface area (Å²) in [7, 11) is 0. The van der Waals surface area contributed by atoms with Crippen LogP contribution in [0.15, 0.2) is 6.33 Å². The van der Waals surface area contributed by atoms with Crippen molar-refractivity contribution in [3.63, 3.8) is 0 Å². The van der Waals surface area contributed by atoms with Crippen molar-refractivity contribution >= 4 is 0 Å². The number of rotatable bonds is 6. The summed E-state index contributed by atoms with van der Waals surface area (Å²) in [6.07, 6.45) is 2.80. The molecule has 1 aromatic heterocycles. The minimum absolute atomic E-state index is 0.358. The van der Waals surface area contributed by atoms with Gasteiger partial charge in [0, 0.05) is 13.1 Å². The van der Waals surface area contributed by atoms with Crippen molar-refractivity contribution < 1.29 is 0 Å². The normalized spacial score (nSPS) is 12.0. The molecule has 1 heterocycles. The molecule has 4 heteroatoms. The van der Waals surface area contributed by atoms with Crippen molar-refractivity contribution in [2.24, 2.45) is 5.41 Å². The Bertz CT molecular complexity index is 291. The van der Waals surface area contributed by atoms with Crippen LogP contribution in [-0.2, 0) is 13.1 Å². The molecule has 0 aromatic carbocycles. The van der Waals surface area contributed by atoms with Crippen molar-refractivity contribution in [3.8, 4) is 0 Å².